The van der Waals surface area contributed by atoms with Gasteiger partial charge in [-0.05, 0) is 49.6 Å². The van der Waals surface area contributed by atoms with Gasteiger partial charge < -0.3 is 10.6 Å². The van der Waals surface area contributed by atoms with Crippen LogP contribution in [0.2, 0.25) is 0 Å². The molecule has 0 bridgehead atoms. The molecule has 1 heterocycles. The van der Waals surface area contributed by atoms with Gasteiger partial charge in [-0.3, -0.25) is 9.59 Å². The number of hydrogen-bond donors (Lipinski definition) is 1. The van der Waals surface area contributed by atoms with Crippen molar-refractivity contribution in [1.82, 2.24) is 0 Å². The van der Waals surface area contributed by atoms with Gasteiger partial charge in [-0.2, -0.15) is 0 Å². The molecule has 0 unspecified atom stereocenters. The predicted molar refractivity (Wildman–Crippen MR) is 97.5 cm³/mol. The van der Waals surface area contributed by atoms with Crippen LogP contribution in [0.15, 0.2) is 47.4 Å². The van der Waals surface area contributed by atoms with Crippen molar-refractivity contribution < 1.29 is 9.59 Å². The van der Waals surface area contributed by atoms with E-state index in [0.717, 1.165) is 17.0 Å². The van der Waals surface area contributed by atoms with Gasteiger partial charge >= 0.3 is 0 Å². The maximum Gasteiger partial charge on any atom is 0.259 e. The molecule has 1 atom stereocenters. The van der Waals surface area contributed by atoms with E-state index in [1.165, 1.54) is 22.9 Å². The zero-order valence-corrected chi connectivity index (χ0v) is 14.6. The van der Waals surface area contributed by atoms with E-state index < -0.39 is 0 Å². The summed E-state index contributed by atoms with van der Waals surface area (Å²) in [6.45, 7) is 4.51. The maximum atomic E-state index is 13.1. The second-order valence-corrected chi connectivity index (χ2v) is 7.32. The molecule has 0 saturated heterocycles. The Hall–Kier alpha value is -2.27. The summed E-state index contributed by atoms with van der Waals surface area (Å²) in [4.78, 5) is 27.1. The molecule has 0 aromatic heterocycles. The molecule has 24 heavy (non-hydrogen) atoms. The summed E-state index contributed by atoms with van der Waals surface area (Å²) < 4.78 is 0. The topological polar surface area (TPSA) is 63.4 Å². The van der Waals surface area contributed by atoms with Crippen molar-refractivity contribution in [3.05, 3.63) is 59.2 Å². The zero-order chi connectivity index (χ0) is 17.3. The minimum atomic E-state index is -0.385. The number of nitrogens with two attached hydrogens (primary N) is 1. The smallest absolute Gasteiger partial charge is 0.259 e. The maximum absolute atomic E-state index is 13.1. The number of amides is 2. The van der Waals surface area contributed by atoms with Gasteiger partial charge in [0, 0.05) is 17.1 Å². The first-order valence-electron chi connectivity index (χ1n) is 7.94. The fourth-order valence-corrected chi connectivity index (χ4v) is 3.90. The number of aryl methyl sites for hydroxylation is 1. The Morgan fingerprint density at radius 2 is 1.92 bits per heavy atom. The molecule has 1 aliphatic rings. The summed E-state index contributed by atoms with van der Waals surface area (Å²) in [5, 5.41) is -0.382. The van der Waals surface area contributed by atoms with Gasteiger partial charge in [0.05, 0.1) is 10.8 Å². The van der Waals surface area contributed by atoms with Crippen LogP contribution in [-0.2, 0) is 11.2 Å². The highest BCUT2D eigenvalue weighted by Gasteiger charge is 2.28. The van der Waals surface area contributed by atoms with Gasteiger partial charge in [0.2, 0.25) is 5.91 Å². The first-order valence-corrected chi connectivity index (χ1v) is 8.82. The molecule has 0 aliphatic carbocycles. The van der Waals surface area contributed by atoms with Crippen molar-refractivity contribution in [3.63, 3.8) is 0 Å². The lowest BCUT2D eigenvalue weighted by molar-refractivity contribution is -0.117. The molecule has 2 N–H and O–H groups in total. The van der Waals surface area contributed by atoms with Gasteiger partial charge in [-0.1, -0.05) is 24.3 Å². The lowest BCUT2D eigenvalue weighted by Gasteiger charge is -2.20. The standard InChI is InChI=1S/C19H20N2O2S/c1-12-6-5-8-16-14(12)10-11-21(16)19(23)15-7-3-4-9-17(15)24-13(2)18(20)22/h3-9,13H,10-11H2,1-2H3,(H2,20,22)/t13-/m0/s1. The SMILES string of the molecule is Cc1cccc2c1CCN2C(=O)c1ccccc1S[C@@H](C)C(N)=O. The first-order chi connectivity index (χ1) is 11.5. The summed E-state index contributed by atoms with van der Waals surface area (Å²) >= 11 is 1.33. The van der Waals surface area contributed by atoms with Crippen molar-refractivity contribution in [2.75, 3.05) is 11.4 Å². The van der Waals surface area contributed by atoms with Crippen molar-refractivity contribution in [1.29, 1.82) is 0 Å². The molecule has 5 heteroatoms. The third kappa shape index (κ3) is 3.04. The number of carbonyl (C=O) groups excluding carboxylic acids is 2. The molecule has 2 aromatic rings. The molecule has 2 amide bonds. The van der Waals surface area contributed by atoms with Crippen LogP contribution in [0.25, 0.3) is 0 Å². The Kier molecular flexibility index (Phi) is 4.62. The quantitative estimate of drug-likeness (QED) is 0.870. The molecule has 2 aromatic carbocycles. The van der Waals surface area contributed by atoms with E-state index in [1.807, 2.05) is 41.3 Å². The highest BCUT2D eigenvalue weighted by Crippen LogP contribution is 2.34. The molecular weight excluding hydrogens is 320 g/mol. The number of fused-ring (bicyclic) bond motifs is 1. The third-order valence-electron chi connectivity index (χ3n) is 4.33. The largest absolute Gasteiger partial charge is 0.369 e. The zero-order valence-electron chi connectivity index (χ0n) is 13.8. The Labute approximate surface area is 146 Å². The van der Waals surface area contributed by atoms with Crippen LogP contribution in [0.4, 0.5) is 5.69 Å². The van der Waals surface area contributed by atoms with Gasteiger partial charge in [-0.25, -0.2) is 0 Å². The summed E-state index contributed by atoms with van der Waals surface area (Å²) in [6, 6.07) is 13.4. The van der Waals surface area contributed by atoms with Crippen molar-refractivity contribution in [2.45, 2.75) is 30.4 Å². The molecule has 1 aliphatic heterocycles. The average molecular weight is 340 g/mol. The van der Waals surface area contributed by atoms with Gasteiger partial charge in [0.1, 0.15) is 0 Å². The van der Waals surface area contributed by atoms with Gasteiger partial charge in [0.25, 0.3) is 5.91 Å². The molecule has 0 radical (unpaired) electrons. The number of anilines is 1. The molecule has 3 rings (SSSR count). The molecular formula is C19H20N2O2S. The van der Waals surface area contributed by atoms with Crippen LogP contribution < -0.4 is 10.6 Å². The lowest BCUT2D eigenvalue weighted by atomic mass is 10.1. The Morgan fingerprint density at radius 3 is 2.67 bits per heavy atom. The highest BCUT2D eigenvalue weighted by molar-refractivity contribution is 8.00. The fraction of sp³-hybridized carbons (Fsp3) is 0.263. The molecule has 4 nitrogen and oxygen atoms in total. The number of rotatable bonds is 4. The Bertz CT molecular complexity index is 804. The van der Waals surface area contributed by atoms with Gasteiger partial charge in [-0.15, -0.1) is 11.8 Å². The molecule has 0 saturated carbocycles. The summed E-state index contributed by atoms with van der Waals surface area (Å²) in [5.74, 6) is -0.413. The fourth-order valence-electron chi connectivity index (χ4n) is 2.96. The van der Waals surface area contributed by atoms with Crippen molar-refractivity contribution in [2.24, 2.45) is 5.73 Å². The molecule has 0 fully saturated rings. The second-order valence-electron chi connectivity index (χ2n) is 5.94. The lowest BCUT2D eigenvalue weighted by Crippen LogP contribution is -2.29. The second kappa shape index (κ2) is 6.69. The number of hydrogen-bond acceptors (Lipinski definition) is 3. The molecule has 124 valence electrons. The van der Waals surface area contributed by atoms with Crippen LogP contribution in [0.1, 0.15) is 28.4 Å². The van der Waals surface area contributed by atoms with Crippen LogP contribution in [-0.4, -0.2) is 23.6 Å². The van der Waals surface area contributed by atoms with Gasteiger partial charge in [0.15, 0.2) is 0 Å². The van der Waals surface area contributed by atoms with Crippen molar-refractivity contribution >= 4 is 29.3 Å². The molecule has 0 spiro atoms. The summed E-state index contributed by atoms with van der Waals surface area (Å²) in [5.41, 5.74) is 9.41. The number of primary amides is 1. The average Bonchev–Trinajstić information content (AvgIpc) is 3.00. The Balaban J connectivity index is 1.93. The van der Waals surface area contributed by atoms with Crippen LogP contribution in [0.3, 0.4) is 0 Å². The highest BCUT2D eigenvalue weighted by atomic mass is 32.2. The minimum Gasteiger partial charge on any atom is -0.369 e. The number of nitrogens with zero attached hydrogens (tertiary/aromatic N) is 1. The number of thioether (sulfide) groups is 1. The van der Waals surface area contributed by atoms with E-state index in [2.05, 4.69) is 13.0 Å². The summed E-state index contributed by atoms with van der Waals surface area (Å²) in [7, 11) is 0. The van der Waals surface area contributed by atoms with E-state index in [-0.39, 0.29) is 17.1 Å². The van der Waals surface area contributed by atoms with Crippen LogP contribution in [0, 0.1) is 6.92 Å². The predicted octanol–water partition coefficient (Wildman–Crippen LogP) is 3.16. The number of benzene rings is 2. The first kappa shape index (κ1) is 16.6. The minimum absolute atomic E-state index is 0.0286. The van der Waals surface area contributed by atoms with E-state index in [0.29, 0.717) is 12.1 Å². The van der Waals surface area contributed by atoms with E-state index in [9.17, 15) is 9.59 Å². The van der Waals surface area contributed by atoms with E-state index in [1.54, 1.807) is 6.92 Å². The van der Waals surface area contributed by atoms with E-state index in [4.69, 9.17) is 5.73 Å². The van der Waals surface area contributed by atoms with Crippen molar-refractivity contribution in [3.8, 4) is 0 Å². The normalized spacial score (nSPS) is 14.3. The third-order valence-corrected chi connectivity index (χ3v) is 5.52. The Morgan fingerprint density at radius 1 is 1.17 bits per heavy atom. The monoisotopic (exact) mass is 340 g/mol. The number of carbonyl (C=O) groups is 2. The van der Waals surface area contributed by atoms with Crippen LogP contribution in [0.5, 0.6) is 0 Å². The summed E-state index contributed by atoms with van der Waals surface area (Å²) in [6.07, 6.45) is 0.876. The van der Waals surface area contributed by atoms with E-state index >= 15 is 0 Å². The van der Waals surface area contributed by atoms with Crippen LogP contribution >= 0.6 is 11.8 Å².